The lowest BCUT2D eigenvalue weighted by Crippen LogP contribution is -2.28. The van der Waals surface area contributed by atoms with Gasteiger partial charge in [-0.15, -0.1) is 11.3 Å². The molecule has 0 radical (unpaired) electrons. The summed E-state index contributed by atoms with van der Waals surface area (Å²) in [5.74, 6) is -1.98. The van der Waals surface area contributed by atoms with E-state index < -0.39 is 57.8 Å². The largest absolute Gasteiger partial charge is 0.417 e. The van der Waals surface area contributed by atoms with Crippen LogP contribution < -0.4 is 5.56 Å². The first-order valence-electron chi connectivity index (χ1n) is 10.4. The number of rotatable bonds is 4. The van der Waals surface area contributed by atoms with Crippen molar-refractivity contribution in [3.8, 4) is 27.1 Å². The Bertz CT molecular complexity index is 1650. The molecule has 2 aromatic heterocycles. The fourth-order valence-corrected chi connectivity index (χ4v) is 5.00. The van der Waals surface area contributed by atoms with Gasteiger partial charge in [0, 0.05) is 16.5 Å². The van der Waals surface area contributed by atoms with E-state index in [1.165, 1.54) is 18.2 Å². The molecule has 196 valence electrons. The lowest BCUT2D eigenvalue weighted by atomic mass is 10.1. The predicted octanol–water partition coefficient (Wildman–Crippen LogP) is 8.13. The quantitative estimate of drug-likeness (QED) is 0.231. The molecule has 0 bridgehead atoms. The number of alkyl halides is 6. The van der Waals surface area contributed by atoms with Crippen molar-refractivity contribution in [2.75, 3.05) is 0 Å². The molecule has 0 atom stereocenters. The summed E-state index contributed by atoms with van der Waals surface area (Å²) in [4.78, 5) is 13.4. The third kappa shape index (κ3) is 5.30. The lowest BCUT2D eigenvalue weighted by Gasteiger charge is -2.17. The Morgan fingerprint density at radius 1 is 0.868 bits per heavy atom. The molecule has 38 heavy (non-hydrogen) atoms. The number of halogens is 9. The highest BCUT2D eigenvalue weighted by atomic mass is 35.5. The third-order valence-corrected chi connectivity index (χ3v) is 6.95. The van der Waals surface area contributed by atoms with Crippen molar-refractivity contribution in [3.63, 3.8) is 0 Å². The Hall–Kier alpha value is -3.69. The summed E-state index contributed by atoms with van der Waals surface area (Å²) in [6.45, 7) is -0.633. The molecule has 13 heteroatoms. The van der Waals surface area contributed by atoms with Crippen LogP contribution in [0.5, 0.6) is 0 Å². The second-order valence-electron chi connectivity index (χ2n) is 7.91. The van der Waals surface area contributed by atoms with Crippen molar-refractivity contribution in [3.05, 3.63) is 104 Å². The van der Waals surface area contributed by atoms with E-state index in [1.54, 1.807) is 0 Å². The molecule has 0 saturated heterocycles. The maximum atomic E-state index is 14.3. The first-order valence-corrected chi connectivity index (χ1v) is 11.6. The van der Waals surface area contributed by atoms with E-state index in [0.717, 1.165) is 46.2 Å². The highest BCUT2D eigenvalue weighted by Gasteiger charge is 2.37. The van der Waals surface area contributed by atoms with Crippen LogP contribution in [-0.4, -0.2) is 4.57 Å². The average Bonchev–Trinajstić information content (AvgIpc) is 3.30. The fourth-order valence-electron chi connectivity index (χ4n) is 3.69. The van der Waals surface area contributed by atoms with Crippen molar-refractivity contribution >= 4 is 22.9 Å². The Morgan fingerprint density at radius 2 is 1.53 bits per heavy atom. The van der Waals surface area contributed by atoms with Gasteiger partial charge in [0.05, 0.1) is 33.3 Å². The molecule has 0 fully saturated rings. The Labute approximate surface area is 217 Å². The van der Waals surface area contributed by atoms with Gasteiger partial charge in [0.2, 0.25) is 0 Å². The molecular weight excluding hydrogens is 564 g/mol. The predicted molar refractivity (Wildman–Crippen MR) is 125 cm³/mol. The van der Waals surface area contributed by atoms with E-state index in [9.17, 15) is 45.2 Å². The van der Waals surface area contributed by atoms with Crippen LogP contribution in [0.4, 0.5) is 35.1 Å². The normalized spacial score (nSPS) is 12.0. The minimum Gasteiger partial charge on any atom is -0.302 e. The van der Waals surface area contributed by atoms with E-state index in [-0.39, 0.29) is 21.7 Å². The van der Waals surface area contributed by atoms with Gasteiger partial charge in [0.1, 0.15) is 23.3 Å². The van der Waals surface area contributed by atoms with E-state index in [4.69, 9.17) is 11.6 Å². The molecule has 0 saturated carbocycles. The van der Waals surface area contributed by atoms with Gasteiger partial charge < -0.3 is 4.57 Å². The maximum absolute atomic E-state index is 14.3. The van der Waals surface area contributed by atoms with Crippen LogP contribution in [0.2, 0.25) is 5.02 Å². The van der Waals surface area contributed by atoms with Gasteiger partial charge in [0.25, 0.3) is 5.56 Å². The van der Waals surface area contributed by atoms with Crippen LogP contribution in [0.1, 0.15) is 22.3 Å². The number of pyridine rings is 1. The third-order valence-electron chi connectivity index (χ3n) is 5.48. The zero-order chi connectivity index (χ0) is 28.0. The second kappa shape index (κ2) is 9.89. The number of nitrogens with zero attached hydrogens (tertiary/aromatic N) is 2. The van der Waals surface area contributed by atoms with Gasteiger partial charge in [-0.25, -0.2) is 8.78 Å². The minimum atomic E-state index is -5.08. The van der Waals surface area contributed by atoms with Crippen molar-refractivity contribution in [2.24, 2.45) is 0 Å². The number of nitriles is 1. The Balaban J connectivity index is 1.90. The van der Waals surface area contributed by atoms with Gasteiger partial charge in [-0.1, -0.05) is 23.7 Å². The first kappa shape index (κ1) is 27.3. The van der Waals surface area contributed by atoms with Crippen molar-refractivity contribution in [2.45, 2.75) is 18.9 Å². The van der Waals surface area contributed by atoms with Crippen LogP contribution in [-0.2, 0) is 18.9 Å². The van der Waals surface area contributed by atoms with Gasteiger partial charge in [-0.3, -0.25) is 4.79 Å². The molecule has 0 aliphatic rings. The highest BCUT2D eigenvalue weighted by molar-refractivity contribution is 7.18. The smallest absolute Gasteiger partial charge is 0.302 e. The zero-order valence-electron chi connectivity index (χ0n) is 18.5. The summed E-state index contributed by atoms with van der Waals surface area (Å²) in [5, 5.41) is 8.70. The van der Waals surface area contributed by atoms with Gasteiger partial charge in [-0.2, -0.15) is 31.6 Å². The average molecular weight is 575 g/mol. The molecule has 0 unspecified atom stereocenters. The monoisotopic (exact) mass is 574 g/mol. The van der Waals surface area contributed by atoms with Crippen LogP contribution in [0.25, 0.3) is 21.0 Å². The standard InChI is InChI=1S/C25H11ClF8N2OS/c26-18-7-12(2-4-16(18)24(29,30)31)21-5-6-22(38-21)20-9-17(25(32,33)34)15(10-35)23(37)36(20)11-13-1-3-14(27)8-19(13)28/h1-9H,11H2. The van der Waals surface area contributed by atoms with E-state index >= 15 is 0 Å². The van der Waals surface area contributed by atoms with Crippen LogP contribution >= 0.6 is 22.9 Å². The highest BCUT2D eigenvalue weighted by Crippen LogP contribution is 2.41. The molecule has 0 spiro atoms. The minimum absolute atomic E-state index is 0.0608. The summed E-state index contributed by atoms with van der Waals surface area (Å²) >= 11 is 6.61. The number of thiophene rings is 1. The molecule has 4 aromatic rings. The molecule has 0 aliphatic heterocycles. The van der Waals surface area contributed by atoms with Crippen LogP contribution in [0.15, 0.2) is 59.4 Å². The summed E-state index contributed by atoms with van der Waals surface area (Å²) in [5.41, 5.74) is -5.49. The number of benzene rings is 2. The SMILES string of the molecule is N#Cc1c(C(F)(F)F)cc(-c2ccc(-c3ccc(C(F)(F)F)c(Cl)c3)s2)n(Cc2ccc(F)cc2F)c1=O. The zero-order valence-corrected chi connectivity index (χ0v) is 20.1. The molecular formula is C25H11ClF8N2OS. The Morgan fingerprint density at radius 3 is 2.11 bits per heavy atom. The Kier molecular flexibility index (Phi) is 7.11. The van der Waals surface area contributed by atoms with E-state index in [2.05, 4.69) is 0 Å². The molecule has 0 aliphatic carbocycles. The molecule has 0 N–H and O–H groups in total. The van der Waals surface area contributed by atoms with Gasteiger partial charge in [-0.05, 0) is 42.0 Å². The fraction of sp³-hybridized carbons (Fsp3) is 0.120. The van der Waals surface area contributed by atoms with Crippen molar-refractivity contribution in [1.29, 1.82) is 5.26 Å². The number of hydrogen-bond acceptors (Lipinski definition) is 3. The molecule has 0 amide bonds. The lowest BCUT2D eigenvalue weighted by molar-refractivity contribution is -0.138. The molecule has 4 rings (SSSR count). The summed E-state index contributed by atoms with van der Waals surface area (Å²) in [6.07, 6.45) is -9.78. The summed E-state index contributed by atoms with van der Waals surface area (Å²) < 4.78 is 109. The van der Waals surface area contributed by atoms with Crippen molar-refractivity contribution in [1.82, 2.24) is 4.57 Å². The molecule has 2 heterocycles. The summed E-state index contributed by atoms with van der Waals surface area (Å²) in [7, 11) is 0. The molecule has 3 nitrogen and oxygen atoms in total. The molecule has 2 aromatic carbocycles. The first-order chi connectivity index (χ1) is 17.7. The van der Waals surface area contributed by atoms with E-state index in [1.807, 2.05) is 0 Å². The topological polar surface area (TPSA) is 45.8 Å². The maximum Gasteiger partial charge on any atom is 0.417 e. The number of aromatic nitrogens is 1. The van der Waals surface area contributed by atoms with Gasteiger partial charge in [0.15, 0.2) is 0 Å². The van der Waals surface area contributed by atoms with Crippen LogP contribution in [0.3, 0.4) is 0 Å². The number of hydrogen-bond donors (Lipinski definition) is 0. The van der Waals surface area contributed by atoms with Crippen molar-refractivity contribution < 1.29 is 35.1 Å². The van der Waals surface area contributed by atoms with Crippen LogP contribution in [0, 0.1) is 23.0 Å². The van der Waals surface area contributed by atoms with Gasteiger partial charge >= 0.3 is 12.4 Å². The summed E-state index contributed by atoms with van der Waals surface area (Å²) in [6, 6.07) is 9.91. The second-order valence-corrected chi connectivity index (χ2v) is 9.40. The van der Waals surface area contributed by atoms with E-state index in [0.29, 0.717) is 17.0 Å².